The second-order valence-electron chi connectivity index (χ2n) is 6.93. The van der Waals surface area contributed by atoms with Gasteiger partial charge in [0.25, 0.3) is 5.91 Å². The van der Waals surface area contributed by atoms with E-state index in [9.17, 15) is 28.3 Å². The highest BCUT2D eigenvalue weighted by Gasteiger charge is 2.57. The average molecular weight is 392 g/mol. The number of nitriles is 1. The summed E-state index contributed by atoms with van der Waals surface area (Å²) < 4.78 is 40.4. The lowest BCUT2D eigenvalue weighted by atomic mass is 9.92. The predicted molar refractivity (Wildman–Crippen MR) is 93.5 cm³/mol. The third-order valence-electron chi connectivity index (χ3n) is 5.09. The third kappa shape index (κ3) is 3.47. The number of aromatic nitrogens is 2. The Labute approximate surface area is 159 Å². The molecule has 1 saturated heterocycles. The lowest BCUT2D eigenvalue weighted by Gasteiger charge is -2.36. The van der Waals surface area contributed by atoms with Crippen molar-refractivity contribution in [3.63, 3.8) is 0 Å². The van der Waals surface area contributed by atoms with E-state index >= 15 is 0 Å². The fourth-order valence-electron chi connectivity index (χ4n) is 3.38. The Morgan fingerprint density at radius 3 is 2.50 bits per heavy atom. The van der Waals surface area contributed by atoms with Crippen molar-refractivity contribution < 1.29 is 23.1 Å². The van der Waals surface area contributed by atoms with Gasteiger partial charge in [-0.1, -0.05) is 12.1 Å². The van der Waals surface area contributed by atoms with Crippen molar-refractivity contribution in [3.05, 3.63) is 47.8 Å². The van der Waals surface area contributed by atoms with Crippen molar-refractivity contribution >= 4 is 5.91 Å². The van der Waals surface area contributed by atoms with E-state index in [0.717, 1.165) is 10.6 Å². The van der Waals surface area contributed by atoms with Gasteiger partial charge >= 0.3 is 6.18 Å². The number of benzene rings is 1. The first-order valence-electron chi connectivity index (χ1n) is 8.78. The molecule has 9 heteroatoms. The maximum Gasteiger partial charge on any atom is 0.426 e. The van der Waals surface area contributed by atoms with E-state index in [1.807, 2.05) is 6.07 Å². The molecule has 28 heavy (non-hydrogen) atoms. The molecule has 1 N–H and O–H groups in total. The zero-order valence-corrected chi connectivity index (χ0v) is 15.1. The minimum absolute atomic E-state index is 0.0332. The third-order valence-corrected chi connectivity index (χ3v) is 5.09. The predicted octanol–water partition coefficient (Wildman–Crippen LogP) is 2.76. The number of hydrogen-bond acceptors (Lipinski definition) is 4. The van der Waals surface area contributed by atoms with E-state index < -0.39 is 17.7 Å². The van der Waals surface area contributed by atoms with Gasteiger partial charge in [0.05, 0.1) is 11.3 Å². The Morgan fingerprint density at radius 1 is 1.25 bits per heavy atom. The lowest BCUT2D eigenvalue weighted by molar-refractivity contribution is -0.250. The van der Waals surface area contributed by atoms with Gasteiger partial charge in [0.1, 0.15) is 6.07 Å². The lowest BCUT2D eigenvalue weighted by Crippen LogP contribution is -2.57. The molecule has 1 aromatic heterocycles. The van der Waals surface area contributed by atoms with Gasteiger partial charge in [0.15, 0.2) is 0 Å². The molecule has 0 radical (unpaired) electrons. The summed E-state index contributed by atoms with van der Waals surface area (Å²) in [5, 5.41) is 23.2. The highest BCUT2D eigenvalue weighted by molar-refractivity contribution is 5.85. The molecular weight excluding hydrogens is 373 g/mol. The summed E-state index contributed by atoms with van der Waals surface area (Å²) in [6.45, 7) is 0.678. The Balaban J connectivity index is 1.76. The summed E-state index contributed by atoms with van der Waals surface area (Å²) in [5.74, 6) is -1.36. The molecule has 0 unspecified atom stereocenters. The van der Waals surface area contributed by atoms with E-state index in [-0.39, 0.29) is 19.0 Å². The number of aliphatic hydroxyl groups is 1. The molecule has 0 saturated carbocycles. The topological polar surface area (TPSA) is 82.2 Å². The van der Waals surface area contributed by atoms with E-state index in [4.69, 9.17) is 0 Å². The second-order valence-corrected chi connectivity index (χ2v) is 6.93. The van der Waals surface area contributed by atoms with Crippen LogP contribution in [0.25, 0.3) is 5.69 Å². The number of amides is 1. The van der Waals surface area contributed by atoms with Crippen LogP contribution >= 0.6 is 0 Å². The Hall–Kier alpha value is -2.86. The number of para-hydroxylation sites is 1. The number of likely N-dealkylation sites (tertiary alicyclic amines) is 1. The van der Waals surface area contributed by atoms with Crippen molar-refractivity contribution in [2.75, 3.05) is 13.1 Å². The second kappa shape index (κ2) is 7.28. The van der Waals surface area contributed by atoms with Crippen LogP contribution in [0.5, 0.6) is 0 Å². The van der Waals surface area contributed by atoms with Crippen LogP contribution in [0, 0.1) is 11.3 Å². The van der Waals surface area contributed by atoms with E-state index in [2.05, 4.69) is 11.2 Å². The van der Waals surface area contributed by atoms with Crippen LogP contribution in [-0.4, -0.2) is 50.6 Å². The van der Waals surface area contributed by atoms with Crippen molar-refractivity contribution in [1.82, 2.24) is 14.7 Å². The van der Waals surface area contributed by atoms with Crippen LogP contribution in [0.4, 0.5) is 13.2 Å². The Bertz CT molecular complexity index is 906. The van der Waals surface area contributed by atoms with Crippen LogP contribution < -0.4 is 0 Å². The molecule has 0 spiro atoms. The van der Waals surface area contributed by atoms with Crippen molar-refractivity contribution in [1.29, 1.82) is 5.26 Å². The summed E-state index contributed by atoms with van der Waals surface area (Å²) in [6, 6.07) is 10.9. The molecule has 1 fully saturated rings. The maximum atomic E-state index is 12.9. The molecule has 0 aliphatic carbocycles. The van der Waals surface area contributed by atoms with Gasteiger partial charge in [-0.15, -0.1) is 0 Å². The largest absolute Gasteiger partial charge is 0.426 e. The molecule has 1 aromatic carbocycles. The quantitative estimate of drug-likeness (QED) is 0.871. The van der Waals surface area contributed by atoms with Gasteiger partial charge < -0.3 is 10.0 Å². The van der Waals surface area contributed by atoms with Crippen LogP contribution in [0.2, 0.25) is 0 Å². The molecule has 0 bridgehead atoms. The number of carbonyl (C=O) groups excluding carboxylic acids is 1. The minimum Gasteiger partial charge on any atom is -0.373 e. The van der Waals surface area contributed by atoms with Gasteiger partial charge in [-0.25, -0.2) is 4.68 Å². The summed E-state index contributed by atoms with van der Waals surface area (Å²) in [4.78, 5) is 13.2. The summed E-state index contributed by atoms with van der Waals surface area (Å²) in [7, 11) is 0. The van der Waals surface area contributed by atoms with Crippen molar-refractivity contribution in [2.24, 2.45) is 0 Å². The normalized spacial score (nSPS) is 17.8. The molecule has 2 aromatic rings. The van der Waals surface area contributed by atoms with Crippen molar-refractivity contribution in [2.45, 2.75) is 37.5 Å². The number of rotatable bonds is 3. The van der Waals surface area contributed by atoms with Crippen LogP contribution in [0.3, 0.4) is 0 Å². The van der Waals surface area contributed by atoms with Crippen LogP contribution in [0.1, 0.15) is 36.9 Å². The van der Waals surface area contributed by atoms with Gasteiger partial charge in [-0.05, 0) is 38.0 Å². The zero-order chi connectivity index (χ0) is 20.5. The Kier molecular flexibility index (Phi) is 5.17. The number of alkyl halides is 3. The number of nitrogens with zero attached hydrogens (tertiary/aromatic N) is 4. The molecule has 148 valence electrons. The standard InChI is InChI=1S/C19H19F3N4O2/c1-18(28,19(20,21)22)17(27)25-10-7-13(8-11-25)16-6-9-24-26(16)15-5-3-2-4-14(15)12-23/h2-6,9,13,28H,7-8,10-11H2,1H3/t18-/m1/s1. The van der Waals surface area contributed by atoms with E-state index in [0.29, 0.717) is 31.0 Å². The Morgan fingerprint density at radius 2 is 1.89 bits per heavy atom. The number of piperidine rings is 1. The summed E-state index contributed by atoms with van der Waals surface area (Å²) in [6.07, 6.45) is -2.56. The first-order valence-corrected chi connectivity index (χ1v) is 8.78. The highest BCUT2D eigenvalue weighted by Crippen LogP contribution is 2.35. The molecule has 6 nitrogen and oxygen atoms in total. The average Bonchev–Trinajstić information content (AvgIpc) is 3.16. The fraction of sp³-hybridized carbons (Fsp3) is 0.421. The molecular formula is C19H19F3N4O2. The molecule has 2 heterocycles. The van der Waals surface area contributed by atoms with Gasteiger partial charge in [0, 0.05) is 30.9 Å². The van der Waals surface area contributed by atoms with E-state index in [1.165, 1.54) is 0 Å². The monoisotopic (exact) mass is 392 g/mol. The summed E-state index contributed by atoms with van der Waals surface area (Å²) >= 11 is 0. The van der Waals surface area contributed by atoms with Gasteiger partial charge in [-0.3, -0.25) is 4.79 Å². The number of hydrogen-bond donors (Lipinski definition) is 1. The summed E-state index contributed by atoms with van der Waals surface area (Å²) in [5.41, 5.74) is -1.48. The fourth-order valence-corrected chi connectivity index (χ4v) is 3.38. The van der Waals surface area contributed by atoms with E-state index in [1.54, 1.807) is 35.1 Å². The number of halogens is 3. The van der Waals surface area contributed by atoms with Crippen LogP contribution in [-0.2, 0) is 4.79 Å². The molecule has 1 aliphatic rings. The zero-order valence-electron chi connectivity index (χ0n) is 15.1. The molecule has 1 aliphatic heterocycles. The SMILES string of the molecule is C[C@@](O)(C(=O)N1CCC(c2ccnn2-c2ccccc2C#N)CC1)C(F)(F)F. The maximum absolute atomic E-state index is 12.9. The molecule has 3 rings (SSSR count). The molecule has 1 amide bonds. The molecule has 1 atom stereocenters. The highest BCUT2D eigenvalue weighted by atomic mass is 19.4. The van der Waals surface area contributed by atoms with Gasteiger partial charge in [0.2, 0.25) is 5.60 Å². The minimum atomic E-state index is -5.03. The van der Waals surface area contributed by atoms with Crippen molar-refractivity contribution in [3.8, 4) is 11.8 Å². The first kappa shape index (κ1) is 19.9. The first-order chi connectivity index (χ1) is 13.2. The smallest absolute Gasteiger partial charge is 0.373 e. The van der Waals surface area contributed by atoms with Crippen LogP contribution in [0.15, 0.2) is 36.5 Å². The number of carbonyl (C=O) groups is 1. The van der Waals surface area contributed by atoms with Gasteiger partial charge in [-0.2, -0.15) is 23.5 Å².